The first-order valence-electron chi connectivity index (χ1n) is 5.38. The van der Waals surface area contributed by atoms with Gasteiger partial charge >= 0.3 is 0 Å². The van der Waals surface area contributed by atoms with Crippen LogP contribution in [0.3, 0.4) is 0 Å². The van der Waals surface area contributed by atoms with Crippen LogP contribution < -0.4 is 5.32 Å². The van der Waals surface area contributed by atoms with Gasteiger partial charge in [-0.25, -0.2) is 0 Å². The van der Waals surface area contributed by atoms with Gasteiger partial charge in [0.1, 0.15) is 0 Å². The summed E-state index contributed by atoms with van der Waals surface area (Å²) >= 11 is 3.36. The van der Waals surface area contributed by atoms with E-state index in [2.05, 4.69) is 36.4 Å². The summed E-state index contributed by atoms with van der Waals surface area (Å²) in [5, 5.41) is 7.16. The fraction of sp³-hybridized carbons (Fsp3) is 0.364. The first kappa shape index (κ1) is 12.2. The standard InChI is InChI=1S/C11H13BrN4O/c1-3-14-7(2)11-15-10(16-17-11)8-4-9(12)6-13-5-8/h4-7,14H,3H2,1-2H3. The van der Waals surface area contributed by atoms with E-state index in [-0.39, 0.29) is 6.04 Å². The summed E-state index contributed by atoms with van der Waals surface area (Å²) in [6.07, 6.45) is 3.42. The normalized spacial score (nSPS) is 12.6. The Hall–Kier alpha value is -1.27. The smallest absolute Gasteiger partial charge is 0.243 e. The number of pyridine rings is 1. The van der Waals surface area contributed by atoms with Gasteiger partial charge in [-0.15, -0.1) is 0 Å². The lowest BCUT2D eigenvalue weighted by Gasteiger charge is -2.04. The highest BCUT2D eigenvalue weighted by Crippen LogP contribution is 2.20. The molecule has 0 amide bonds. The van der Waals surface area contributed by atoms with Crippen molar-refractivity contribution in [2.45, 2.75) is 19.9 Å². The van der Waals surface area contributed by atoms with Crippen LogP contribution in [0.15, 0.2) is 27.5 Å². The van der Waals surface area contributed by atoms with Gasteiger partial charge in [-0.2, -0.15) is 4.98 Å². The predicted octanol–water partition coefficient (Wildman–Crippen LogP) is 2.56. The summed E-state index contributed by atoms with van der Waals surface area (Å²) in [5.74, 6) is 1.14. The molecule has 90 valence electrons. The molecule has 6 heteroatoms. The van der Waals surface area contributed by atoms with Gasteiger partial charge < -0.3 is 9.84 Å². The van der Waals surface area contributed by atoms with Gasteiger partial charge in [-0.1, -0.05) is 12.1 Å². The monoisotopic (exact) mass is 296 g/mol. The molecule has 0 saturated carbocycles. The second kappa shape index (κ2) is 5.37. The summed E-state index contributed by atoms with van der Waals surface area (Å²) in [5.41, 5.74) is 0.832. The Morgan fingerprint density at radius 2 is 2.29 bits per heavy atom. The SMILES string of the molecule is CCNC(C)c1nc(-c2cncc(Br)c2)no1. The van der Waals surface area contributed by atoms with E-state index >= 15 is 0 Å². The zero-order valence-electron chi connectivity index (χ0n) is 9.64. The molecule has 0 aromatic carbocycles. The highest BCUT2D eigenvalue weighted by atomic mass is 79.9. The van der Waals surface area contributed by atoms with E-state index in [4.69, 9.17) is 4.52 Å². The summed E-state index contributed by atoms with van der Waals surface area (Å²) in [7, 11) is 0. The maximum absolute atomic E-state index is 5.21. The molecule has 2 aromatic rings. The summed E-state index contributed by atoms with van der Waals surface area (Å²) in [6, 6.07) is 1.96. The molecule has 1 N–H and O–H groups in total. The molecule has 0 radical (unpaired) electrons. The van der Waals surface area contributed by atoms with E-state index in [0.717, 1.165) is 16.6 Å². The van der Waals surface area contributed by atoms with Crippen LogP contribution in [0, 0.1) is 0 Å². The Labute approximate surface area is 108 Å². The number of nitrogens with zero attached hydrogens (tertiary/aromatic N) is 3. The molecule has 0 spiro atoms. The van der Waals surface area contributed by atoms with Crippen molar-refractivity contribution >= 4 is 15.9 Å². The van der Waals surface area contributed by atoms with Crippen LogP contribution in [0.4, 0.5) is 0 Å². The zero-order valence-corrected chi connectivity index (χ0v) is 11.2. The lowest BCUT2D eigenvalue weighted by molar-refractivity contribution is 0.342. The van der Waals surface area contributed by atoms with Gasteiger partial charge in [0, 0.05) is 22.4 Å². The minimum atomic E-state index is 0.0568. The highest BCUT2D eigenvalue weighted by Gasteiger charge is 2.14. The molecule has 5 nitrogen and oxygen atoms in total. The van der Waals surface area contributed by atoms with Crippen LogP contribution in [-0.4, -0.2) is 21.7 Å². The van der Waals surface area contributed by atoms with Crippen molar-refractivity contribution in [3.05, 3.63) is 28.8 Å². The van der Waals surface area contributed by atoms with Gasteiger partial charge in [0.05, 0.1) is 6.04 Å². The molecule has 2 rings (SSSR count). The van der Waals surface area contributed by atoms with Crippen molar-refractivity contribution in [1.82, 2.24) is 20.4 Å². The molecular formula is C11H13BrN4O. The Balaban J connectivity index is 2.23. The van der Waals surface area contributed by atoms with Gasteiger partial charge in [-0.05, 0) is 35.5 Å². The van der Waals surface area contributed by atoms with Crippen molar-refractivity contribution in [3.63, 3.8) is 0 Å². The quantitative estimate of drug-likeness (QED) is 0.939. The van der Waals surface area contributed by atoms with Crippen LogP contribution in [0.5, 0.6) is 0 Å². The predicted molar refractivity (Wildman–Crippen MR) is 67.3 cm³/mol. The van der Waals surface area contributed by atoms with Crippen LogP contribution in [0.25, 0.3) is 11.4 Å². The Kier molecular flexibility index (Phi) is 3.86. The van der Waals surface area contributed by atoms with E-state index in [0.29, 0.717) is 11.7 Å². The third kappa shape index (κ3) is 2.89. The van der Waals surface area contributed by atoms with Gasteiger partial charge in [0.2, 0.25) is 11.7 Å². The molecular weight excluding hydrogens is 284 g/mol. The minimum Gasteiger partial charge on any atom is -0.337 e. The largest absolute Gasteiger partial charge is 0.337 e. The number of hydrogen-bond donors (Lipinski definition) is 1. The van der Waals surface area contributed by atoms with E-state index in [1.165, 1.54) is 0 Å². The molecule has 1 unspecified atom stereocenters. The number of nitrogens with one attached hydrogen (secondary N) is 1. The second-order valence-electron chi connectivity index (χ2n) is 3.63. The van der Waals surface area contributed by atoms with Crippen molar-refractivity contribution in [2.24, 2.45) is 0 Å². The van der Waals surface area contributed by atoms with E-state index in [1.807, 2.05) is 19.9 Å². The molecule has 0 bridgehead atoms. The Bertz CT molecular complexity index is 500. The van der Waals surface area contributed by atoms with Gasteiger partial charge in [-0.3, -0.25) is 4.98 Å². The van der Waals surface area contributed by atoms with Crippen LogP contribution in [0.2, 0.25) is 0 Å². The number of aromatic nitrogens is 3. The van der Waals surface area contributed by atoms with E-state index in [1.54, 1.807) is 12.4 Å². The third-order valence-corrected chi connectivity index (χ3v) is 2.72. The molecule has 2 heterocycles. The highest BCUT2D eigenvalue weighted by molar-refractivity contribution is 9.10. The van der Waals surface area contributed by atoms with Crippen LogP contribution in [0.1, 0.15) is 25.8 Å². The van der Waals surface area contributed by atoms with E-state index in [9.17, 15) is 0 Å². The van der Waals surface area contributed by atoms with Crippen LogP contribution in [-0.2, 0) is 0 Å². The fourth-order valence-electron chi connectivity index (χ4n) is 1.46. The van der Waals surface area contributed by atoms with Crippen molar-refractivity contribution in [2.75, 3.05) is 6.54 Å². The molecule has 0 saturated heterocycles. The Morgan fingerprint density at radius 1 is 1.47 bits per heavy atom. The number of halogens is 1. The maximum Gasteiger partial charge on any atom is 0.243 e. The molecule has 0 aliphatic rings. The van der Waals surface area contributed by atoms with Crippen LogP contribution >= 0.6 is 15.9 Å². The topological polar surface area (TPSA) is 63.8 Å². The van der Waals surface area contributed by atoms with Gasteiger partial charge in [0.15, 0.2) is 0 Å². The molecule has 0 fully saturated rings. The average molecular weight is 297 g/mol. The second-order valence-corrected chi connectivity index (χ2v) is 4.54. The fourth-order valence-corrected chi connectivity index (χ4v) is 1.82. The first-order valence-corrected chi connectivity index (χ1v) is 6.18. The molecule has 0 aliphatic heterocycles. The lowest BCUT2D eigenvalue weighted by Crippen LogP contribution is -2.17. The first-order chi connectivity index (χ1) is 8.20. The Morgan fingerprint density at radius 3 is 3.00 bits per heavy atom. The molecule has 2 aromatic heterocycles. The van der Waals surface area contributed by atoms with Crippen molar-refractivity contribution in [3.8, 4) is 11.4 Å². The average Bonchev–Trinajstić information content (AvgIpc) is 2.78. The summed E-state index contributed by atoms with van der Waals surface area (Å²) in [6.45, 7) is 4.88. The summed E-state index contributed by atoms with van der Waals surface area (Å²) in [4.78, 5) is 8.41. The molecule has 17 heavy (non-hydrogen) atoms. The van der Waals surface area contributed by atoms with Crippen molar-refractivity contribution < 1.29 is 4.52 Å². The minimum absolute atomic E-state index is 0.0568. The summed E-state index contributed by atoms with van der Waals surface area (Å²) < 4.78 is 6.10. The maximum atomic E-state index is 5.21. The number of hydrogen-bond acceptors (Lipinski definition) is 5. The van der Waals surface area contributed by atoms with Gasteiger partial charge in [0.25, 0.3) is 0 Å². The molecule has 0 aliphatic carbocycles. The van der Waals surface area contributed by atoms with Crippen molar-refractivity contribution in [1.29, 1.82) is 0 Å². The zero-order chi connectivity index (χ0) is 12.3. The lowest BCUT2D eigenvalue weighted by atomic mass is 10.3. The third-order valence-electron chi connectivity index (χ3n) is 2.29. The molecule has 1 atom stereocenters. The number of rotatable bonds is 4. The van der Waals surface area contributed by atoms with E-state index < -0.39 is 0 Å².